The average Bonchev–Trinajstić information content (AvgIpc) is 2.67. The van der Waals surface area contributed by atoms with Crippen LogP contribution in [0.25, 0.3) is 10.8 Å². The number of fused-ring (bicyclic) bond motifs is 2. The fraction of sp³-hybridized carbons (Fsp3) is 0.227. The van der Waals surface area contributed by atoms with Gasteiger partial charge in [0, 0.05) is 0 Å². The molecule has 0 spiro atoms. The van der Waals surface area contributed by atoms with Gasteiger partial charge in [-0.05, 0) is 47.7 Å². The molecule has 3 aromatic rings. The molecule has 1 unspecified atom stereocenters. The Labute approximate surface area is 147 Å². The van der Waals surface area contributed by atoms with Crippen LogP contribution in [0.4, 0.5) is 0 Å². The van der Waals surface area contributed by atoms with Gasteiger partial charge in [-0.25, -0.2) is 0 Å². The first-order valence-electron chi connectivity index (χ1n) is 8.75. The summed E-state index contributed by atoms with van der Waals surface area (Å²) in [6.07, 6.45) is 1.16. The summed E-state index contributed by atoms with van der Waals surface area (Å²) < 4.78 is 5.91. The van der Waals surface area contributed by atoms with Crippen molar-refractivity contribution in [3.63, 3.8) is 0 Å². The fourth-order valence-electron chi connectivity index (χ4n) is 3.52. The molecule has 4 rings (SSSR count). The number of para-hydroxylation sites is 1. The lowest BCUT2D eigenvalue weighted by molar-refractivity contribution is -0.129. The summed E-state index contributed by atoms with van der Waals surface area (Å²) in [5.41, 5.74) is 2.30. The van der Waals surface area contributed by atoms with Crippen LogP contribution < -0.4 is 10.1 Å². The summed E-state index contributed by atoms with van der Waals surface area (Å²) in [4.78, 5) is 12.7. The summed E-state index contributed by atoms with van der Waals surface area (Å²) in [5, 5.41) is 5.48. The monoisotopic (exact) mass is 331 g/mol. The SMILES string of the molecule is C[C@@H](NC(=O)C1CCc2ccccc2O1)c1cccc2ccccc12. The van der Waals surface area contributed by atoms with Crippen LogP contribution in [0.15, 0.2) is 66.7 Å². The fourth-order valence-corrected chi connectivity index (χ4v) is 3.52. The van der Waals surface area contributed by atoms with E-state index in [2.05, 4.69) is 35.6 Å². The first-order chi connectivity index (χ1) is 12.2. The predicted molar refractivity (Wildman–Crippen MR) is 99.7 cm³/mol. The number of aryl methyl sites for hydroxylation is 1. The van der Waals surface area contributed by atoms with E-state index in [0.717, 1.165) is 17.7 Å². The lowest BCUT2D eigenvalue weighted by Gasteiger charge is -2.27. The molecule has 0 bridgehead atoms. The predicted octanol–water partition coefficient (Wildman–Crippen LogP) is 4.41. The first kappa shape index (κ1) is 15.7. The Morgan fingerprint density at radius 2 is 1.80 bits per heavy atom. The minimum atomic E-state index is -0.424. The molecule has 0 saturated heterocycles. The van der Waals surface area contributed by atoms with Gasteiger partial charge in [-0.15, -0.1) is 0 Å². The molecule has 0 fully saturated rings. The zero-order valence-corrected chi connectivity index (χ0v) is 14.2. The second-order valence-corrected chi connectivity index (χ2v) is 6.55. The van der Waals surface area contributed by atoms with E-state index in [1.807, 2.05) is 43.3 Å². The van der Waals surface area contributed by atoms with Gasteiger partial charge in [0.25, 0.3) is 5.91 Å². The molecule has 0 radical (unpaired) electrons. The number of amides is 1. The maximum atomic E-state index is 12.7. The molecule has 3 aromatic carbocycles. The summed E-state index contributed by atoms with van der Waals surface area (Å²) in [6, 6.07) is 22.3. The molecular weight excluding hydrogens is 310 g/mol. The van der Waals surface area contributed by atoms with Crippen molar-refractivity contribution in [2.45, 2.75) is 31.9 Å². The second-order valence-electron chi connectivity index (χ2n) is 6.55. The van der Waals surface area contributed by atoms with E-state index in [4.69, 9.17) is 4.74 Å². The summed E-state index contributed by atoms with van der Waals surface area (Å²) in [7, 11) is 0. The highest BCUT2D eigenvalue weighted by molar-refractivity contribution is 5.87. The van der Waals surface area contributed by atoms with Crippen LogP contribution >= 0.6 is 0 Å². The second kappa shape index (κ2) is 6.60. The molecule has 0 saturated carbocycles. The van der Waals surface area contributed by atoms with Gasteiger partial charge >= 0.3 is 0 Å². The number of nitrogens with one attached hydrogen (secondary N) is 1. The molecule has 2 atom stereocenters. The maximum Gasteiger partial charge on any atom is 0.261 e. The van der Waals surface area contributed by atoms with Crippen molar-refractivity contribution >= 4 is 16.7 Å². The number of carbonyl (C=O) groups excluding carboxylic acids is 1. The van der Waals surface area contributed by atoms with E-state index in [-0.39, 0.29) is 11.9 Å². The summed E-state index contributed by atoms with van der Waals surface area (Å²) >= 11 is 0. The number of ether oxygens (including phenoxy) is 1. The zero-order valence-electron chi connectivity index (χ0n) is 14.2. The number of hydrogen-bond donors (Lipinski definition) is 1. The third-order valence-corrected chi connectivity index (χ3v) is 4.86. The van der Waals surface area contributed by atoms with Gasteiger partial charge in [-0.1, -0.05) is 60.7 Å². The quantitative estimate of drug-likeness (QED) is 0.772. The maximum absolute atomic E-state index is 12.7. The molecule has 1 amide bonds. The third kappa shape index (κ3) is 3.10. The topological polar surface area (TPSA) is 38.3 Å². The highest BCUT2D eigenvalue weighted by atomic mass is 16.5. The van der Waals surface area contributed by atoms with Gasteiger partial charge in [0.1, 0.15) is 5.75 Å². The van der Waals surface area contributed by atoms with Gasteiger partial charge in [0.15, 0.2) is 6.10 Å². The number of rotatable bonds is 3. The van der Waals surface area contributed by atoms with E-state index >= 15 is 0 Å². The number of carbonyl (C=O) groups is 1. The van der Waals surface area contributed by atoms with Crippen LogP contribution in [-0.2, 0) is 11.2 Å². The molecule has 1 N–H and O–H groups in total. The molecule has 126 valence electrons. The van der Waals surface area contributed by atoms with Crippen LogP contribution in [0.5, 0.6) is 5.75 Å². The largest absolute Gasteiger partial charge is 0.480 e. The molecule has 1 aliphatic heterocycles. The van der Waals surface area contributed by atoms with Gasteiger partial charge in [-0.2, -0.15) is 0 Å². The van der Waals surface area contributed by atoms with Crippen molar-refractivity contribution in [1.82, 2.24) is 5.32 Å². The Morgan fingerprint density at radius 3 is 2.72 bits per heavy atom. The molecule has 3 nitrogen and oxygen atoms in total. The van der Waals surface area contributed by atoms with Crippen LogP contribution in [0, 0.1) is 0 Å². The normalized spacial score (nSPS) is 17.4. The molecule has 25 heavy (non-hydrogen) atoms. The van der Waals surface area contributed by atoms with Gasteiger partial charge in [0.05, 0.1) is 6.04 Å². The smallest absolute Gasteiger partial charge is 0.261 e. The van der Waals surface area contributed by atoms with Gasteiger partial charge < -0.3 is 10.1 Å². The van der Waals surface area contributed by atoms with Crippen molar-refractivity contribution in [1.29, 1.82) is 0 Å². The standard InChI is InChI=1S/C22H21NO2/c1-15(18-11-6-9-16-7-2-4-10-19(16)18)23-22(24)21-14-13-17-8-3-5-12-20(17)25-21/h2-12,15,21H,13-14H2,1H3,(H,23,24)/t15-,21?/m1/s1. The van der Waals surface area contributed by atoms with Crippen molar-refractivity contribution in [3.05, 3.63) is 77.9 Å². The van der Waals surface area contributed by atoms with Crippen LogP contribution in [-0.4, -0.2) is 12.0 Å². The van der Waals surface area contributed by atoms with E-state index < -0.39 is 6.10 Å². The zero-order chi connectivity index (χ0) is 17.2. The molecule has 0 aromatic heterocycles. The Bertz CT molecular complexity index is 913. The third-order valence-electron chi connectivity index (χ3n) is 4.86. The Balaban J connectivity index is 1.51. The molecule has 1 heterocycles. The van der Waals surface area contributed by atoms with E-state index in [0.29, 0.717) is 6.42 Å². The minimum absolute atomic E-state index is 0.0464. The van der Waals surface area contributed by atoms with Crippen LogP contribution in [0.2, 0.25) is 0 Å². The van der Waals surface area contributed by atoms with E-state index in [1.54, 1.807) is 0 Å². The van der Waals surface area contributed by atoms with Crippen molar-refractivity contribution < 1.29 is 9.53 Å². The highest BCUT2D eigenvalue weighted by Crippen LogP contribution is 2.28. The first-order valence-corrected chi connectivity index (χ1v) is 8.75. The minimum Gasteiger partial charge on any atom is -0.480 e. The highest BCUT2D eigenvalue weighted by Gasteiger charge is 2.27. The van der Waals surface area contributed by atoms with E-state index in [9.17, 15) is 4.79 Å². The molecule has 0 aliphatic carbocycles. The Morgan fingerprint density at radius 1 is 1.04 bits per heavy atom. The van der Waals surface area contributed by atoms with Crippen molar-refractivity contribution in [3.8, 4) is 5.75 Å². The summed E-state index contributed by atoms with van der Waals surface area (Å²) in [6.45, 7) is 2.02. The lowest BCUT2D eigenvalue weighted by atomic mass is 9.98. The summed E-state index contributed by atoms with van der Waals surface area (Å²) in [5.74, 6) is 0.779. The Hall–Kier alpha value is -2.81. The molecule has 3 heteroatoms. The van der Waals surface area contributed by atoms with E-state index in [1.165, 1.54) is 16.3 Å². The molecular formula is C22H21NO2. The van der Waals surface area contributed by atoms with Gasteiger partial charge in [0.2, 0.25) is 0 Å². The van der Waals surface area contributed by atoms with Crippen LogP contribution in [0.3, 0.4) is 0 Å². The average molecular weight is 331 g/mol. The number of hydrogen-bond acceptors (Lipinski definition) is 2. The lowest BCUT2D eigenvalue weighted by Crippen LogP contribution is -2.41. The number of benzene rings is 3. The van der Waals surface area contributed by atoms with Crippen molar-refractivity contribution in [2.24, 2.45) is 0 Å². The molecule has 1 aliphatic rings. The Kier molecular flexibility index (Phi) is 4.14. The van der Waals surface area contributed by atoms with Crippen molar-refractivity contribution in [2.75, 3.05) is 0 Å². The van der Waals surface area contributed by atoms with Gasteiger partial charge in [-0.3, -0.25) is 4.79 Å². The van der Waals surface area contributed by atoms with Crippen LogP contribution in [0.1, 0.15) is 30.5 Å².